The van der Waals surface area contributed by atoms with Crippen LogP contribution in [-0.4, -0.2) is 22.7 Å². The number of anilines is 1. The number of β-amino-alcohol motifs (C(OH)–C–C–N with tert-alkyl or cyclic N) is 1. The summed E-state index contributed by atoms with van der Waals surface area (Å²) in [5.74, 6) is -2.27. The number of unbranched alkanes of at least 4 members (excludes halogenated alkanes) is 9. The molecule has 3 N–H and O–H groups in total. The first kappa shape index (κ1) is 21.7. The molecule has 0 saturated heterocycles. The van der Waals surface area contributed by atoms with Crippen LogP contribution in [0.25, 0.3) is 0 Å². The van der Waals surface area contributed by atoms with E-state index in [1.165, 1.54) is 63.1 Å². The highest BCUT2D eigenvalue weighted by atomic mass is 19.1. The molecule has 0 fully saturated rings. The lowest BCUT2D eigenvalue weighted by Crippen LogP contribution is -2.41. The van der Waals surface area contributed by atoms with Crippen molar-refractivity contribution in [1.82, 2.24) is 0 Å². The van der Waals surface area contributed by atoms with Gasteiger partial charge < -0.3 is 15.5 Å². The fraction of sp³-hybridized carbons (Fsp3) is 0.682. The summed E-state index contributed by atoms with van der Waals surface area (Å²) >= 11 is 0. The maximum Gasteiger partial charge on any atom is 0.309 e. The van der Waals surface area contributed by atoms with Gasteiger partial charge >= 0.3 is 5.97 Å². The zero-order chi connectivity index (χ0) is 19.7. The molecule has 2 rings (SSSR count). The molecule has 4 nitrogen and oxygen atoms in total. The Hall–Kier alpha value is -1.62. The molecule has 0 bridgehead atoms. The number of aliphatic carboxylic acids is 1. The van der Waals surface area contributed by atoms with E-state index in [9.17, 15) is 19.4 Å². The Kier molecular flexibility index (Phi) is 8.55. The number of carboxylic acids is 1. The molecule has 0 aromatic heterocycles. The molecule has 0 radical (unpaired) electrons. The predicted octanol–water partition coefficient (Wildman–Crippen LogP) is 5.45. The smallest absolute Gasteiger partial charge is 0.309 e. The number of fused-ring (bicyclic) bond motifs is 1. The van der Waals surface area contributed by atoms with E-state index in [0.29, 0.717) is 17.7 Å². The summed E-state index contributed by atoms with van der Waals surface area (Å²) in [6.07, 6.45) is 12.3. The summed E-state index contributed by atoms with van der Waals surface area (Å²) in [5.41, 5.74) is -0.496. The van der Waals surface area contributed by atoms with E-state index in [1.807, 2.05) is 0 Å². The zero-order valence-electron chi connectivity index (χ0n) is 16.5. The van der Waals surface area contributed by atoms with Crippen molar-refractivity contribution in [2.45, 2.75) is 83.2 Å². The molecule has 2 atom stereocenters. The van der Waals surface area contributed by atoms with Gasteiger partial charge in [0, 0.05) is 17.8 Å². The van der Waals surface area contributed by atoms with Gasteiger partial charge in [0.25, 0.3) is 0 Å². The van der Waals surface area contributed by atoms with Crippen molar-refractivity contribution in [1.29, 1.82) is 0 Å². The first-order chi connectivity index (χ1) is 13.0. The quantitative estimate of drug-likeness (QED) is 0.399. The second-order valence-corrected chi connectivity index (χ2v) is 7.83. The Bertz CT molecular complexity index is 607. The molecule has 0 spiro atoms. The predicted molar refractivity (Wildman–Crippen MR) is 106 cm³/mol. The third-order valence-corrected chi connectivity index (χ3v) is 5.72. The number of halogens is 1. The van der Waals surface area contributed by atoms with E-state index >= 15 is 0 Å². The van der Waals surface area contributed by atoms with E-state index < -0.39 is 23.3 Å². The second-order valence-electron chi connectivity index (χ2n) is 7.83. The molecule has 0 aliphatic carbocycles. The minimum Gasteiger partial charge on any atom is -0.481 e. The summed E-state index contributed by atoms with van der Waals surface area (Å²) in [5, 5.41) is 23.7. The highest BCUT2D eigenvalue weighted by Gasteiger charge is 2.47. The van der Waals surface area contributed by atoms with E-state index in [4.69, 9.17) is 0 Å². The number of aliphatic hydroxyl groups is 1. The normalized spacial score (nSPS) is 19.5. The first-order valence-electron chi connectivity index (χ1n) is 10.5. The largest absolute Gasteiger partial charge is 0.481 e. The Morgan fingerprint density at radius 2 is 1.70 bits per heavy atom. The molecule has 27 heavy (non-hydrogen) atoms. The molecular weight excluding hydrogens is 345 g/mol. The van der Waals surface area contributed by atoms with Gasteiger partial charge in [0.15, 0.2) is 0 Å². The fourth-order valence-corrected chi connectivity index (χ4v) is 4.08. The van der Waals surface area contributed by atoms with Gasteiger partial charge in [0.1, 0.15) is 11.4 Å². The van der Waals surface area contributed by atoms with Crippen LogP contribution in [0.5, 0.6) is 0 Å². The van der Waals surface area contributed by atoms with Crippen molar-refractivity contribution in [2.75, 3.05) is 11.9 Å². The van der Waals surface area contributed by atoms with E-state index in [0.717, 1.165) is 19.3 Å². The van der Waals surface area contributed by atoms with Gasteiger partial charge in [-0.3, -0.25) is 4.79 Å². The highest BCUT2D eigenvalue weighted by molar-refractivity contribution is 5.74. The third-order valence-electron chi connectivity index (χ3n) is 5.72. The van der Waals surface area contributed by atoms with E-state index in [-0.39, 0.29) is 6.54 Å². The lowest BCUT2D eigenvalue weighted by molar-refractivity contribution is -0.152. The van der Waals surface area contributed by atoms with Crippen LogP contribution in [0.4, 0.5) is 10.1 Å². The number of hydrogen-bond donors (Lipinski definition) is 3. The lowest BCUT2D eigenvalue weighted by Gasteiger charge is -2.30. The molecule has 1 aliphatic rings. The van der Waals surface area contributed by atoms with Gasteiger partial charge in [-0.1, -0.05) is 77.2 Å². The first-order valence-corrected chi connectivity index (χ1v) is 10.5. The lowest BCUT2D eigenvalue weighted by atomic mass is 9.79. The van der Waals surface area contributed by atoms with Crippen molar-refractivity contribution in [3.05, 3.63) is 29.6 Å². The van der Waals surface area contributed by atoms with Gasteiger partial charge in [0.05, 0.1) is 5.92 Å². The number of rotatable bonds is 13. The molecule has 5 heteroatoms. The fourth-order valence-electron chi connectivity index (χ4n) is 4.08. The number of benzene rings is 1. The van der Waals surface area contributed by atoms with Crippen LogP contribution in [0, 0.1) is 11.7 Å². The summed E-state index contributed by atoms with van der Waals surface area (Å²) in [4.78, 5) is 11.8. The third kappa shape index (κ3) is 5.93. The van der Waals surface area contributed by atoms with Crippen LogP contribution in [0.3, 0.4) is 0 Å². The Balaban J connectivity index is 1.76. The Labute approximate surface area is 162 Å². The Morgan fingerprint density at radius 3 is 2.30 bits per heavy atom. The Morgan fingerprint density at radius 1 is 1.11 bits per heavy atom. The van der Waals surface area contributed by atoms with Crippen molar-refractivity contribution in [3.63, 3.8) is 0 Å². The van der Waals surface area contributed by atoms with Crippen LogP contribution in [0.2, 0.25) is 0 Å². The molecule has 152 valence electrons. The highest BCUT2D eigenvalue weighted by Crippen LogP contribution is 2.42. The minimum absolute atomic E-state index is 0.112. The summed E-state index contributed by atoms with van der Waals surface area (Å²) in [7, 11) is 0. The number of carbonyl (C=O) groups is 1. The number of carboxylic acid groups (broad SMARTS) is 1. The molecule has 2 unspecified atom stereocenters. The van der Waals surface area contributed by atoms with Crippen LogP contribution < -0.4 is 5.32 Å². The maximum absolute atomic E-state index is 13.4. The average molecular weight is 380 g/mol. The number of hydrogen-bond acceptors (Lipinski definition) is 3. The standard InChI is InChI=1S/C22H34FNO3/c1-2-3-4-5-6-7-8-9-10-11-12-19(21(25)26)22(27)16-24-20-15-17(23)13-14-18(20)22/h13-15,19,24,27H,2-12,16H2,1H3,(H,25,26). The summed E-state index contributed by atoms with van der Waals surface area (Å²) < 4.78 is 13.4. The van der Waals surface area contributed by atoms with Crippen LogP contribution >= 0.6 is 0 Å². The van der Waals surface area contributed by atoms with Crippen molar-refractivity contribution in [2.24, 2.45) is 5.92 Å². The molecular formula is C22H34FNO3. The monoisotopic (exact) mass is 379 g/mol. The van der Waals surface area contributed by atoms with Crippen LogP contribution in [0.15, 0.2) is 18.2 Å². The van der Waals surface area contributed by atoms with Gasteiger partial charge in [-0.05, 0) is 18.6 Å². The van der Waals surface area contributed by atoms with Crippen LogP contribution in [-0.2, 0) is 10.4 Å². The molecule has 0 saturated carbocycles. The second kappa shape index (κ2) is 10.6. The van der Waals surface area contributed by atoms with Crippen LogP contribution in [0.1, 0.15) is 83.1 Å². The van der Waals surface area contributed by atoms with Crippen molar-refractivity contribution in [3.8, 4) is 0 Å². The van der Waals surface area contributed by atoms with Gasteiger partial charge in [0.2, 0.25) is 0 Å². The topological polar surface area (TPSA) is 69.6 Å². The number of nitrogens with one attached hydrogen (secondary N) is 1. The maximum atomic E-state index is 13.4. The van der Waals surface area contributed by atoms with Gasteiger partial charge in [-0.15, -0.1) is 0 Å². The van der Waals surface area contributed by atoms with Gasteiger partial charge in [-0.2, -0.15) is 0 Å². The van der Waals surface area contributed by atoms with Crippen molar-refractivity contribution < 1.29 is 19.4 Å². The molecule has 0 amide bonds. The molecule has 1 aliphatic heterocycles. The summed E-state index contributed by atoms with van der Waals surface area (Å²) in [6.45, 7) is 2.33. The zero-order valence-corrected chi connectivity index (χ0v) is 16.5. The molecule has 1 aromatic rings. The van der Waals surface area contributed by atoms with Crippen molar-refractivity contribution >= 4 is 11.7 Å². The van der Waals surface area contributed by atoms with E-state index in [1.54, 1.807) is 0 Å². The molecule has 1 aromatic carbocycles. The molecule has 1 heterocycles. The van der Waals surface area contributed by atoms with Gasteiger partial charge in [-0.25, -0.2) is 4.39 Å². The van der Waals surface area contributed by atoms with E-state index in [2.05, 4.69) is 12.2 Å². The minimum atomic E-state index is -1.48. The average Bonchev–Trinajstić information content (AvgIpc) is 2.96. The SMILES string of the molecule is CCCCCCCCCCCCC(C(=O)O)C1(O)CNc2cc(F)ccc21. The summed E-state index contributed by atoms with van der Waals surface area (Å²) in [6, 6.07) is 4.09.